The minimum absolute atomic E-state index is 0.381. The van der Waals surface area contributed by atoms with Crippen molar-refractivity contribution in [2.75, 3.05) is 14.2 Å². The van der Waals surface area contributed by atoms with Crippen molar-refractivity contribution in [2.24, 2.45) is 0 Å². The molecule has 1 aliphatic rings. The number of esters is 1. The van der Waals surface area contributed by atoms with Crippen molar-refractivity contribution < 1.29 is 19.0 Å². The Kier molecular flexibility index (Phi) is 7.35. The third-order valence-electron chi connectivity index (χ3n) is 5.37. The fraction of sp³-hybridized carbons (Fsp3) is 0.154. The molecule has 3 aromatic rings. The van der Waals surface area contributed by atoms with Crippen LogP contribution in [0.4, 0.5) is 0 Å². The second-order valence-corrected chi connectivity index (χ2v) is 8.35. The molecular weight excluding hydrogens is 472 g/mol. The molecule has 6 nitrogen and oxygen atoms in total. The molecule has 0 fully saturated rings. The summed E-state index contributed by atoms with van der Waals surface area (Å²) in [4.78, 5) is 12.9. The van der Waals surface area contributed by atoms with Gasteiger partial charge in [-0.05, 0) is 53.2 Å². The number of nitrogens with one attached hydrogen (secondary N) is 2. The number of hydrogen-bond donors (Lipinski definition) is 2. The SMILES string of the molecule is COC(=O)C1=C(c2ccc(Cl)cc2)NC(=S)N[C@@H]1c1ccc(OCc2ccccc2)c(OC)c1. The lowest BCUT2D eigenvalue weighted by molar-refractivity contribution is -0.136. The fourth-order valence-corrected chi connectivity index (χ4v) is 4.05. The van der Waals surface area contributed by atoms with E-state index in [2.05, 4.69) is 10.6 Å². The van der Waals surface area contributed by atoms with Crippen molar-refractivity contribution in [1.82, 2.24) is 10.6 Å². The van der Waals surface area contributed by atoms with Gasteiger partial charge in [-0.1, -0.05) is 60.1 Å². The van der Waals surface area contributed by atoms with Gasteiger partial charge in [-0.3, -0.25) is 0 Å². The van der Waals surface area contributed by atoms with E-state index >= 15 is 0 Å². The Balaban J connectivity index is 1.72. The Labute approximate surface area is 208 Å². The number of ether oxygens (including phenoxy) is 3. The van der Waals surface area contributed by atoms with Crippen LogP contribution in [0.15, 0.2) is 78.4 Å². The molecule has 1 atom stereocenters. The van der Waals surface area contributed by atoms with E-state index < -0.39 is 12.0 Å². The van der Waals surface area contributed by atoms with Gasteiger partial charge in [-0.15, -0.1) is 0 Å². The average molecular weight is 495 g/mol. The Morgan fingerprint density at radius 3 is 2.41 bits per heavy atom. The highest BCUT2D eigenvalue weighted by molar-refractivity contribution is 7.80. The fourth-order valence-electron chi connectivity index (χ4n) is 3.71. The highest BCUT2D eigenvalue weighted by atomic mass is 35.5. The number of carbonyl (C=O) groups is 1. The maximum Gasteiger partial charge on any atom is 0.338 e. The van der Waals surface area contributed by atoms with Gasteiger partial charge in [-0.2, -0.15) is 0 Å². The summed E-state index contributed by atoms with van der Waals surface area (Å²) in [7, 11) is 2.92. The van der Waals surface area contributed by atoms with Crippen molar-refractivity contribution in [2.45, 2.75) is 12.6 Å². The summed E-state index contributed by atoms with van der Waals surface area (Å²) < 4.78 is 16.7. The molecule has 0 saturated carbocycles. The highest BCUT2D eigenvalue weighted by Crippen LogP contribution is 2.37. The number of carbonyl (C=O) groups excluding carboxylic acids is 1. The molecule has 0 bridgehead atoms. The first-order valence-electron chi connectivity index (χ1n) is 10.5. The summed E-state index contributed by atoms with van der Waals surface area (Å²) >= 11 is 11.5. The Hall–Kier alpha value is -3.55. The maximum atomic E-state index is 12.9. The molecule has 4 rings (SSSR count). The van der Waals surface area contributed by atoms with Crippen molar-refractivity contribution in [1.29, 1.82) is 0 Å². The lowest BCUT2D eigenvalue weighted by Crippen LogP contribution is -2.45. The van der Waals surface area contributed by atoms with Crippen LogP contribution in [-0.2, 0) is 16.1 Å². The van der Waals surface area contributed by atoms with Crippen molar-refractivity contribution in [3.8, 4) is 11.5 Å². The van der Waals surface area contributed by atoms with Crippen LogP contribution in [0.2, 0.25) is 5.02 Å². The van der Waals surface area contributed by atoms with Gasteiger partial charge in [0.2, 0.25) is 0 Å². The normalized spacial score (nSPS) is 15.3. The lowest BCUT2D eigenvalue weighted by atomic mass is 9.92. The number of benzene rings is 3. The molecule has 0 amide bonds. The number of methoxy groups -OCH3 is 2. The molecule has 8 heteroatoms. The minimum atomic E-state index is -0.566. The zero-order valence-electron chi connectivity index (χ0n) is 18.6. The molecule has 1 heterocycles. The number of halogens is 1. The van der Waals surface area contributed by atoms with Gasteiger partial charge in [0.05, 0.1) is 31.5 Å². The van der Waals surface area contributed by atoms with E-state index in [0.29, 0.717) is 39.5 Å². The predicted octanol–water partition coefficient (Wildman–Crippen LogP) is 5.03. The molecule has 0 aliphatic carbocycles. The summed E-state index contributed by atoms with van der Waals surface area (Å²) in [5, 5.41) is 7.24. The van der Waals surface area contributed by atoms with E-state index in [1.165, 1.54) is 7.11 Å². The quantitative estimate of drug-likeness (QED) is 0.352. The minimum Gasteiger partial charge on any atom is -0.493 e. The highest BCUT2D eigenvalue weighted by Gasteiger charge is 2.33. The van der Waals surface area contributed by atoms with Gasteiger partial charge in [0, 0.05) is 5.02 Å². The lowest BCUT2D eigenvalue weighted by Gasteiger charge is -2.31. The van der Waals surface area contributed by atoms with Gasteiger partial charge in [0.1, 0.15) is 6.61 Å². The molecule has 2 N–H and O–H groups in total. The number of rotatable bonds is 7. The number of hydrogen-bond acceptors (Lipinski definition) is 5. The van der Waals surface area contributed by atoms with Crippen LogP contribution in [0.25, 0.3) is 5.70 Å². The molecule has 1 aliphatic heterocycles. The maximum absolute atomic E-state index is 12.9. The monoisotopic (exact) mass is 494 g/mol. The molecular formula is C26H23ClN2O4S. The van der Waals surface area contributed by atoms with E-state index in [0.717, 1.165) is 16.7 Å². The molecule has 34 heavy (non-hydrogen) atoms. The summed E-state index contributed by atoms with van der Waals surface area (Å²) in [6.07, 6.45) is 0. The van der Waals surface area contributed by atoms with Crippen molar-refractivity contribution in [3.63, 3.8) is 0 Å². The van der Waals surface area contributed by atoms with Gasteiger partial charge in [0.25, 0.3) is 0 Å². The van der Waals surface area contributed by atoms with Crippen LogP contribution in [0.3, 0.4) is 0 Å². The Morgan fingerprint density at radius 2 is 1.74 bits per heavy atom. The van der Waals surface area contributed by atoms with Crippen molar-refractivity contribution >= 4 is 40.6 Å². The Morgan fingerprint density at radius 1 is 1.00 bits per heavy atom. The molecule has 3 aromatic carbocycles. The van der Waals surface area contributed by atoms with Crippen LogP contribution < -0.4 is 20.1 Å². The summed E-state index contributed by atoms with van der Waals surface area (Å²) in [5.74, 6) is 0.644. The van der Waals surface area contributed by atoms with E-state index in [9.17, 15) is 4.79 Å². The van der Waals surface area contributed by atoms with Gasteiger partial charge >= 0.3 is 5.97 Å². The van der Waals surface area contributed by atoms with Gasteiger partial charge in [0.15, 0.2) is 16.6 Å². The smallest absolute Gasteiger partial charge is 0.338 e. The summed E-state index contributed by atoms with van der Waals surface area (Å²) in [5.41, 5.74) is 3.51. The molecule has 0 radical (unpaired) electrons. The molecule has 0 aromatic heterocycles. The zero-order chi connectivity index (χ0) is 24.1. The first-order valence-corrected chi connectivity index (χ1v) is 11.3. The topological polar surface area (TPSA) is 68.8 Å². The van der Waals surface area contributed by atoms with Gasteiger partial charge in [-0.25, -0.2) is 4.79 Å². The van der Waals surface area contributed by atoms with E-state index in [1.807, 2.05) is 60.7 Å². The first kappa shape index (κ1) is 23.6. The van der Waals surface area contributed by atoms with Crippen LogP contribution in [0.1, 0.15) is 22.7 Å². The molecule has 0 saturated heterocycles. The largest absolute Gasteiger partial charge is 0.493 e. The van der Waals surface area contributed by atoms with Crippen LogP contribution in [-0.4, -0.2) is 25.3 Å². The predicted molar refractivity (Wildman–Crippen MR) is 136 cm³/mol. The first-order chi connectivity index (χ1) is 16.5. The van der Waals surface area contributed by atoms with Crippen LogP contribution >= 0.6 is 23.8 Å². The van der Waals surface area contributed by atoms with Crippen LogP contribution in [0, 0.1) is 0 Å². The van der Waals surface area contributed by atoms with E-state index in [1.54, 1.807) is 19.2 Å². The van der Waals surface area contributed by atoms with Gasteiger partial charge < -0.3 is 24.8 Å². The van der Waals surface area contributed by atoms with Crippen molar-refractivity contribution in [3.05, 3.63) is 100 Å². The standard InChI is InChI=1S/C26H23ClN2O4S/c1-31-21-14-18(10-13-20(21)33-15-16-6-4-3-5-7-16)24-22(25(30)32-2)23(28-26(34)29-24)17-8-11-19(27)12-9-17/h3-14,24H,15H2,1-2H3,(H2,28,29,34)/t24-/m1/s1. The van der Waals surface area contributed by atoms with E-state index in [4.69, 9.17) is 38.0 Å². The second-order valence-electron chi connectivity index (χ2n) is 7.50. The Bertz CT molecular complexity index is 1230. The second kappa shape index (κ2) is 10.6. The third-order valence-corrected chi connectivity index (χ3v) is 5.84. The average Bonchev–Trinajstić information content (AvgIpc) is 2.87. The zero-order valence-corrected chi connectivity index (χ0v) is 20.2. The molecule has 174 valence electrons. The summed E-state index contributed by atoms with van der Waals surface area (Å²) in [6, 6.07) is 22.0. The van der Waals surface area contributed by atoms with Crippen LogP contribution in [0.5, 0.6) is 11.5 Å². The number of thiocarbonyl (C=S) groups is 1. The van der Waals surface area contributed by atoms with E-state index in [-0.39, 0.29) is 0 Å². The summed E-state index contributed by atoms with van der Waals surface area (Å²) in [6.45, 7) is 0.403. The molecule has 0 spiro atoms. The third kappa shape index (κ3) is 5.16. The molecule has 0 unspecified atom stereocenters.